The van der Waals surface area contributed by atoms with Gasteiger partial charge in [0.15, 0.2) is 5.69 Å². The van der Waals surface area contributed by atoms with Gasteiger partial charge < -0.3 is 10.4 Å². The van der Waals surface area contributed by atoms with Gasteiger partial charge in [0.05, 0.1) is 5.69 Å². The van der Waals surface area contributed by atoms with Gasteiger partial charge in [0.1, 0.15) is 6.04 Å². The first-order valence-corrected chi connectivity index (χ1v) is 9.25. The number of para-hydroxylation sites is 1. The molecule has 1 amide bonds. The van der Waals surface area contributed by atoms with Crippen molar-refractivity contribution in [1.29, 1.82) is 0 Å². The summed E-state index contributed by atoms with van der Waals surface area (Å²) in [6.07, 6.45) is 5.29. The summed E-state index contributed by atoms with van der Waals surface area (Å²) in [5.74, 6) is -0.921. The van der Waals surface area contributed by atoms with E-state index in [0.29, 0.717) is 18.0 Å². The van der Waals surface area contributed by atoms with E-state index in [1.165, 1.54) is 0 Å². The van der Waals surface area contributed by atoms with E-state index in [2.05, 4.69) is 10.4 Å². The maximum absolute atomic E-state index is 12.8. The van der Waals surface area contributed by atoms with Crippen molar-refractivity contribution in [2.45, 2.75) is 51.5 Å². The summed E-state index contributed by atoms with van der Waals surface area (Å²) >= 11 is 0. The molecule has 0 saturated heterocycles. The van der Waals surface area contributed by atoms with Crippen molar-refractivity contribution in [2.75, 3.05) is 0 Å². The van der Waals surface area contributed by atoms with Crippen molar-refractivity contribution in [3.8, 4) is 5.69 Å². The third-order valence-electron chi connectivity index (χ3n) is 5.36. The molecule has 0 spiro atoms. The molecule has 6 heteroatoms. The van der Waals surface area contributed by atoms with Gasteiger partial charge in [0, 0.05) is 11.3 Å². The Kier molecular flexibility index (Phi) is 4.26. The zero-order valence-electron chi connectivity index (χ0n) is 14.9. The van der Waals surface area contributed by atoms with Crippen molar-refractivity contribution in [2.24, 2.45) is 5.92 Å². The minimum absolute atomic E-state index is 0.372. The lowest BCUT2D eigenvalue weighted by Crippen LogP contribution is -2.41. The summed E-state index contributed by atoms with van der Waals surface area (Å²) in [6, 6.07) is 7.12. The van der Waals surface area contributed by atoms with Gasteiger partial charge in [-0.05, 0) is 50.2 Å². The van der Waals surface area contributed by atoms with Gasteiger partial charge in [-0.1, -0.05) is 31.0 Å². The number of aliphatic carboxylic acids is 1. The quantitative estimate of drug-likeness (QED) is 0.836. The number of benzene rings is 1. The first-order valence-electron chi connectivity index (χ1n) is 9.25. The van der Waals surface area contributed by atoms with Gasteiger partial charge in [-0.2, -0.15) is 5.10 Å². The molecule has 136 valence electrons. The van der Waals surface area contributed by atoms with Crippen LogP contribution in [-0.2, 0) is 17.6 Å². The number of aryl methyl sites for hydroxylation is 1. The third-order valence-corrected chi connectivity index (χ3v) is 5.36. The van der Waals surface area contributed by atoms with Crippen LogP contribution in [0.1, 0.15) is 53.0 Å². The minimum atomic E-state index is -0.972. The highest BCUT2D eigenvalue weighted by Crippen LogP contribution is 2.34. The van der Waals surface area contributed by atoms with Crippen LogP contribution in [0.3, 0.4) is 0 Å². The summed E-state index contributed by atoms with van der Waals surface area (Å²) in [6.45, 7) is 2.02. The Morgan fingerprint density at radius 2 is 2.08 bits per heavy atom. The molecule has 2 aliphatic carbocycles. The van der Waals surface area contributed by atoms with Crippen molar-refractivity contribution in [1.82, 2.24) is 15.1 Å². The largest absolute Gasteiger partial charge is 0.480 e. The van der Waals surface area contributed by atoms with Gasteiger partial charge in [0.25, 0.3) is 5.91 Å². The Balaban J connectivity index is 1.64. The van der Waals surface area contributed by atoms with E-state index in [-0.39, 0.29) is 5.91 Å². The fourth-order valence-electron chi connectivity index (χ4n) is 3.76. The topological polar surface area (TPSA) is 84.2 Å². The summed E-state index contributed by atoms with van der Waals surface area (Å²) < 4.78 is 1.86. The number of nitrogens with one attached hydrogen (secondary N) is 1. The Bertz CT molecular complexity index is 867. The summed E-state index contributed by atoms with van der Waals surface area (Å²) in [5, 5.41) is 16.7. The molecular formula is C20H23N3O3. The average molecular weight is 353 g/mol. The number of amides is 1. The van der Waals surface area contributed by atoms with E-state index >= 15 is 0 Å². The van der Waals surface area contributed by atoms with Crippen LogP contribution >= 0.6 is 0 Å². The highest BCUT2D eigenvalue weighted by molar-refractivity contribution is 5.96. The van der Waals surface area contributed by atoms with Gasteiger partial charge in [-0.3, -0.25) is 4.79 Å². The molecule has 4 rings (SSSR count). The first-order chi connectivity index (χ1) is 12.5. The summed E-state index contributed by atoms with van der Waals surface area (Å²) in [5.41, 5.74) is 4.47. The molecule has 1 fully saturated rings. The zero-order valence-corrected chi connectivity index (χ0v) is 14.9. The number of aromatic nitrogens is 2. The molecule has 1 atom stereocenters. The molecule has 1 aromatic heterocycles. The lowest BCUT2D eigenvalue weighted by atomic mass is 10.1. The molecule has 26 heavy (non-hydrogen) atoms. The Morgan fingerprint density at radius 3 is 2.77 bits per heavy atom. The van der Waals surface area contributed by atoms with Crippen LogP contribution < -0.4 is 5.32 Å². The molecule has 6 nitrogen and oxygen atoms in total. The van der Waals surface area contributed by atoms with Crippen molar-refractivity contribution >= 4 is 11.9 Å². The molecule has 1 aromatic carbocycles. The average Bonchev–Trinajstić information content (AvgIpc) is 3.17. The smallest absolute Gasteiger partial charge is 0.326 e. The second-order valence-corrected chi connectivity index (χ2v) is 7.37. The number of carboxylic acid groups (broad SMARTS) is 1. The van der Waals surface area contributed by atoms with Gasteiger partial charge in [-0.25, -0.2) is 9.48 Å². The highest BCUT2D eigenvalue weighted by Gasteiger charge is 2.33. The summed E-state index contributed by atoms with van der Waals surface area (Å²) in [7, 11) is 0. The van der Waals surface area contributed by atoms with Crippen molar-refractivity contribution < 1.29 is 14.7 Å². The number of rotatable bonds is 6. The molecule has 2 N–H and O–H groups in total. The van der Waals surface area contributed by atoms with Crippen LogP contribution in [0.4, 0.5) is 0 Å². The summed E-state index contributed by atoms with van der Waals surface area (Å²) in [4.78, 5) is 24.3. The molecule has 2 aromatic rings. The fourth-order valence-corrected chi connectivity index (χ4v) is 3.76. The van der Waals surface area contributed by atoms with Crippen LogP contribution in [-0.4, -0.2) is 32.8 Å². The van der Waals surface area contributed by atoms with Crippen LogP contribution in [0.25, 0.3) is 5.69 Å². The second-order valence-electron chi connectivity index (χ2n) is 7.37. The van der Waals surface area contributed by atoms with E-state index in [1.54, 1.807) is 0 Å². The molecule has 0 bridgehead atoms. The number of hydrogen-bond acceptors (Lipinski definition) is 3. The lowest BCUT2D eigenvalue weighted by Gasteiger charge is -2.13. The maximum atomic E-state index is 12.8. The Morgan fingerprint density at radius 1 is 1.31 bits per heavy atom. The normalized spacial score (nSPS) is 17.0. The van der Waals surface area contributed by atoms with Crippen LogP contribution in [0.5, 0.6) is 0 Å². The molecule has 1 unspecified atom stereocenters. The molecular weight excluding hydrogens is 330 g/mol. The van der Waals surface area contributed by atoms with E-state index in [0.717, 1.165) is 54.6 Å². The number of carbonyl (C=O) groups is 2. The Hall–Kier alpha value is -2.63. The number of fused-ring (bicyclic) bond motifs is 1. The third kappa shape index (κ3) is 3.11. The van der Waals surface area contributed by atoms with Gasteiger partial charge in [-0.15, -0.1) is 0 Å². The molecule has 0 radical (unpaired) electrons. The van der Waals surface area contributed by atoms with Gasteiger partial charge >= 0.3 is 5.97 Å². The Labute approximate surface area is 152 Å². The highest BCUT2D eigenvalue weighted by atomic mass is 16.4. The number of hydrogen-bond donors (Lipinski definition) is 2. The minimum Gasteiger partial charge on any atom is -0.480 e. The molecule has 0 aliphatic heterocycles. The predicted octanol–water partition coefficient (Wildman–Crippen LogP) is 2.65. The maximum Gasteiger partial charge on any atom is 0.326 e. The van der Waals surface area contributed by atoms with Crippen LogP contribution in [0.15, 0.2) is 24.3 Å². The number of nitrogens with zero attached hydrogens (tertiary/aromatic N) is 2. The molecule has 1 heterocycles. The number of carbonyl (C=O) groups excluding carboxylic acids is 1. The molecule has 1 saturated carbocycles. The van der Waals surface area contributed by atoms with Gasteiger partial charge in [0.2, 0.25) is 0 Å². The SMILES string of the molecule is Cc1ccccc1-n1nc(C(=O)NC(CC2CC2)C(=O)O)c2c1CCC2. The van der Waals surface area contributed by atoms with E-state index in [4.69, 9.17) is 0 Å². The van der Waals surface area contributed by atoms with Crippen LogP contribution in [0, 0.1) is 12.8 Å². The standard InChI is InChI=1S/C20H23N3O3/c1-12-5-2-3-7-16(12)23-17-8-4-6-14(17)18(22-23)19(24)21-15(20(25)26)11-13-9-10-13/h2-3,5,7,13,15H,4,6,8-11H2,1H3,(H,21,24)(H,25,26). The first kappa shape index (κ1) is 16.8. The van der Waals surface area contributed by atoms with E-state index in [9.17, 15) is 14.7 Å². The number of carboxylic acids is 1. The molecule has 2 aliphatic rings. The lowest BCUT2D eigenvalue weighted by molar-refractivity contribution is -0.139. The second kappa shape index (κ2) is 6.59. The predicted molar refractivity (Wildman–Crippen MR) is 96.6 cm³/mol. The van der Waals surface area contributed by atoms with E-state index in [1.807, 2.05) is 35.9 Å². The van der Waals surface area contributed by atoms with E-state index < -0.39 is 12.0 Å². The zero-order chi connectivity index (χ0) is 18.3. The van der Waals surface area contributed by atoms with Crippen molar-refractivity contribution in [3.63, 3.8) is 0 Å². The monoisotopic (exact) mass is 353 g/mol. The van der Waals surface area contributed by atoms with Crippen molar-refractivity contribution in [3.05, 3.63) is 46.8 Å². The van der Waals surface area contributed by atoms with Crippen LogP contribution in [0.2, 0.25) is 0 Å². The fraction of sp³-hybridized carbons (Fsp3) is 0.450.